The molecule has 2 fully saturated rings. The largest absolute Gasteiger partial charge is 0.339 e. The summed E-state index contributed by atoms with van der Waals surface area (Å²) in [7, 11) is 0. The van der Waals surface area contributed by atoms with E-state index in [1.54, 1.807) is 0 Å². The Balaban J connectivity index is 2.12. The van der Waals surface area contributed by atoms with Crippen LogP contribution in [0.4, 0.5) is 4.79 Å². The van der Waals surface area contributed by atoms with Gasteiger partial charge in [-0.25, -0.2) is 4.79 Å². The van der Waals surface area contributed by atoms with Gasteiger partial charge in [0.15, 0.2) is 0 Å². The summed E-state index contributed by atoms with van der Waals surface area (Å²) in [5.74, 6) is -0.569. The van der Waals surface area contributed by atoms with Gasteiger partial charge in [0.05, 0.1) is 13.1 Å². The van der Waals surface area contributed by atoms with Gasteiger partial charge < -0.3 is 16.0 Å². The van der Waals surface area contributed by atoms with E-state index in [4.69, 9.17) is 5.73 Å². The molecule has 15 heavy (non-hydrogen) atoms. The Bertz CT molecular complexity index is 343. The molecule has 82 valence electrons. The van der Waals surface area contributed by atoms with E-state index in [0.717, 1.165) is 0 Å². The van der Waals surface area contributed by atoms with E-state index >= 15 is 0 Å². The van der Waals surface area contributed by atoms with Gasteiger partial charge in [-0.2, -0.15) is 0 Å². The molecule has 0 aromatic heterocycles. The number of hydrogen-bond donors (Lipinski definition) is 3. The minimum Gasteiger partial charge on any atom is -0.339 e. The van der Waals surface area contributed by atoms with Crippen molar-refractivity contribution in [3.05, 3.63) is 0 Å². The number of carbonyl (C=O) groups excluding carboxylic acids is 3. The highest BCUT2D eigenvalue weighted by Gasteiger charge is 2.51. The van der Waals surface area contributed by atoms with Crippen molar-refractivity contribution in [2.75, 3.05) is 19.6 Å². The third kappa shape index (κ3) is 1.44. The lowest BCUT2D eigenvalue weighted by molar-refractivity contribution is -0.129. The Morgan fingerprint density at radius 2 is 2.27 bits per heavy atom. The van der Waals surface area contributed by atoms with Gasteiger partial charge >= 0.3 is 6.03 Å². The molecule has 1 spiro atoms. The fourth-order valence-corrected chi connectivity index (χ4v) is 1.97. The van der Waals surface area contributed by atoms with Gasteiger partial charge in [0.1, 0.15) is 5.54 Å². The lowest BCUT2D eigenvalue weighted by Gasteiger charge is -2.20. The number of rotatable bonds is 1. The molecule has 2 heterocycles. The number of nitrogens with one attached hydrogen (secondary N) is 2. The van der Waals surface area contributed by atoms with E-state index in [1.807, 2.05) is 0 Å². The molecule has 2 aliphatic rings. The minimum absolute atomic E-state index is 0.0777. The zero-order valence-electron chi connectivity index (χ0n) is 8.08. The molecule has 0 bridgehead atoms. The Morgan fingerprint density at radius 1 is 1.53 bits per heavy atom. The second-order valence-electron chi connectivity index (χ2n) is 3.76. The van der Waals surface area contributed by atoms with Crippen LogP contribution in [0.1, 0.15) is 6.42 Å². The number of nitrogens with two attached hydrogens (primary N) is 1. The van der Waals surface area contributed by atoms with E-state index in [-0.39, 0.29) is 24.9 Å². The topological polar surface area (TPSA) is 105 Å². The van der Waals surface area contributed by atoms with Crippen molar-refractivity contribution in [3.8, 4) is 0 Å². The van der Waals surface area contributed by atoms with E-state index in [9.17, 15) is 14.4 Å². The zero-order valence-corrected chi connectivity index (χ0v) is 8.08. The molecule has 1 unspecified atom stereocenters. The molecular formula is C8H12N4O3. The number of hydrogen-bond acceptors (Lipinski definition) is 4. The van der Waals surface area contributed by atoms with Crippen LogP contribution >= 0.6 is 0 Å². The first kappa shape index (κ1) is 9.91. The number of amides is 4. The molecule has 0 aromatic carbocycles. The van der Waals surface area contributed by atoms with E-state index in [1.165, 1.54) is 4.90 Å². The molecule has 0 radical (unpaired) electrons. The van der Waals surface area contributed by atoms with E-state index in [2.05, 4.69) is 10.6 Å². The van der Waals surface area contributed by atoms with Gasteiger partial charge in [-0.15, -0.1) is 0 Å². The molecule has 7 heteroatoms. The van der Waals surface area contributed by atoms with Gasteiger partial charge in [0.25, 0.3) is 5.91 Å². The Hall–Kier alpha value is -1.63. The van der Waals surface area contributed by atoms with Crippen molar-refractivity contribution in [3.63, 3.8) is 0 Å². The van der Waals surface area contributed by atoms with Crippen LogP contribution in [-0.4, -0.2) is 47.9 Å². The van der Waals surface area contributed by atoms with Crippen molar-refractivity contribution in [2.45, 2.75) is 12.0 Å². The molecule has 2 aliphatic heterocycles. The molecular weight excluding hydrogens is 200 g/mol. The van der Waals surface area contributed by atoms with Gasteiger partial charge in [0.2, 0.25) is 5.91 Å². The molecule has 4 N–H and O–H groups in total. The van der Waals surface area contributed by atoms with Gasteiger partial charge in [-0.05, 0) is 6.42 Å². The third-order valence-electron chi connectivity index (χ3n) is 2.81. The highest BCUT2D eigenvalue weighted by molar-refractivity contribution is 6.07. The number of imide groups is 1. The van der Waals surface area contributed by atoms with Crippen LogP contribution in [0.3, 0.4) is 0 Å². The van der Waals surface area contributed by atoms with Crippen molar-refractivity contribution >= 4 is 17.8 Å². The number of nitrogens with zero attached hydrogens (tertiary/aromatic N) is 1. The summed E-state index contributed by atoms with van der Waals surface area (Å²) < 4.78 is 0. The average molecular weight is 212 g/mol. The zero-order chi connectivity index (χ0) is 11.1. The Morgan fingerprint density at radius 3 is 2.80 bits per heavy atom. The highest BCUT2D eigenvalue weighted by atomic mass is 16.2. The quantitative estimate of drug-likeness (QED) is 0.427. The van der Waals surface area contributed by atoms with Crippen LogP contribution in [0.2, 0.25) is 0 Å². The monoisotopic (exact) mass is 212 g/mol. The first-order valence-electron chi connectivity index (χ1n) is 4.69. The van der Waals surface area contributed by atoms with Crippen LogP contribution in [0.15, 0.2) is 0 Å². The van der Waals surface area contributed by atoms with Crippen molar-refractivity contribution in [1.29, 1.82) is 0 Å². The Labute approximate surface area is 86.0 Å². The molecule has 4 amide bonds. The summed E-state index contributed by atoms with van der Waals surface area (Å²) in [5.41, 5.74) is 4.29. The number of likely N-dealkylation sites (tertiary alicyclic amines) is 1. The third-order valence-corrected chi connectivity index (χ3v) is 2.81. The summed E-state index contributed by atoms with van der Waals surface area (Å²) >= 11 is 0. The van der Waals surface area contributed by atoms with E-state index < -0.39 is 11.6 Å². The summed E-state index contributed by atoms with van der Waals surface area (Å²) in [5, 5.41) is 4.72. The predicted octanol–water partition coefficient (Wildman–Crippen LogP) is -2.24. The van der Waals surface area contributed by atoms with Crippen LogP contribution in [0.5, 0.6) is 0 Å². The first-order valence-corrected chi connectivity index (χ1v) is 4.69. The maximum Gasteiger partial charge on any atom is 0.322 e. The summed E-state index contributed by atoms with van der Waals surface area (Å²) in [6.45, 7) is 0.579. The smallest absolute Gasteiger partial charge is 0.322 e. The molecule has 7 nitrogen and oxygen atoms in total. The van der Waals surface area contributed by atoms with Crippen LogP contribution < -0.4 is 16.4 Å². The van der Waals surface area contributed by atoms with Gasteiger partial charge in [-0.3, -0.25) is 14.9 Å². The average Bonchev–Trinajstić information content (AvgIpc) is 2.72. The molecule has 0 aliphatic carbocycles. The lowest BCUT2D eigenvalue weighted by Crippen LogP contribution is -2.50. The van der Waals surface area contributed by atoms with Crippen molar-refractivity contribution in [2.24, 2.45) is 5.73 Å². The number of carbonyl (C=O) groups is 3. The second kappa shape index (κ2) is 3.20. The summed E-state index contributed by atoms with van der Waals surface area (Å²) in [6.07, 6.45) is 0.441. The molecule has 1 atom stereocenters. The number of urea groups is 1. The lowest BCUT2D eigenvalue weighted by atomic mass is 10.00. The first-order chi connectivity index (χ1) is 7.07. The van der Waals surface area contributed by atoms with Gasteiger partial charge in [-0.1, -0.05) is 0 Å². The minimum atomic E-state index is -0.929. The maximum absolute atomic E-state index is 11.5. The van der Waals surface area contributed by atoms with E-state index in [0.29, 0.717) is 13.0 Å². The van der Waals surface area contributed by atoms with Crippen LogP contribution in [0, 0.1) is 0 Å². The highest BCUT2D eigenvalue weighted by Crippen LogP contribution is 2.24. The molecule has 0 aromatic rings. The van der Waals surface area contributed by atoms with Crippen molar-refractivity contribution in [1.82, 2.24) is 15.5 Å². The normalized spacial score (nSPS) is 29.5. The van der Waals surface area contributed by atoms with Crippen molar-refractivity contribution < 1.29 is 14.4 Å². The SMILES string of the molecule is NCC(=O)N1CCC2(C1)NC(=O)NC2=O. The standard InChI is InChI=1S/C8H12N4O3/c9-3-5(13)12-2-1-8(4-12)6(14)10-7(15)11-8/h1-4,9H2,(H2,10,11,14,15). The summed E-state index contributed by atoms with van der Waals surface area (Å²) in [6, 6.07) is -0.498. The Kier molecular flexibility index (Phi) is 2.11. The molecule has 2 rings (SSSR count). The predicted molar refractivity (Wildman–Crippen MR) is 49.7 cm³/mol. The fourth-order valence-electron chi connectivity index (χ4n) is 1.97. The van der Waals surface area contributed by atoms with Crippen LogP contribution in [0.25, 0.3) is 0 Å². The fraction of sp³-hybridized carbons (Fsp3) is 0.625. The molecule has 2 saturated heterocycles. The maximum atomic E-state index is 11.5. The van der Waals surface area contributed by atoms with Gasteiger partial charge in [0, 0.05) is 6.54 Å². The second-order valence-corrected chi connectivity index (χ2v) is 3.76. The summed E-state index contributed by atoms with van der Waals surface area (Å²) in [4.78, 5) is 35.3. The molecule has 0 saturated carbocycles. The van der Waals surface area contributed by atoms with Crippen LogP contribution in [-0.2, 0) is 9.59 Å².